The Balaban J connectivity index is 1.73. The number of nitrogens with zero attached hydrogens (tertiary/aromatic N) is 3. The number of aliphatic imine (C=N–C) groups is 2. The smallest absolute Gasteiger partial charge is 0.0751 e. The van der Waals surface area contributed by atoms with E-state index in [0.29, 0.717) is 0 Å². The minimum Gasteiger partial charge on any atom is -0.353 e. The predicted molar refractivity (Wildman–Crippen MR) is 123 cm³/mol. The van der Waals surface area contributed by atoms with Crippen molar-refractivity contribution in [3.8, 4) is 0 Å². The average Bonchev–Trinajstić information content (AvgIpc) is 2.99. The third-order valence-corrected chi connectivity index (χ3v) is 5.02. The zero-order valence-corrected chi connectivity index (χ0v) is 16.5. The molecular formula is C25H20N4. The van der Waals surface area contributed by atoms with Crippen molar-refractivity contribution in [2.75, 3.05) is 0 Å². The summed E-state index contributed by atoms with van der Waals surface area (Å²) < 4.78 is 0. The van der Waals surface area contributed by atoms with Gasteiger partial charge < -0.3 is 4.98 Å². The zero-order chi connectivity index (χ0) is 20.4. The van der Waals surface area contributed by atoms with Gasteiger partial charge in [0.1, 0.15) is 0 Å². The van der Waals surface area contributed by atoms with Gasteiger partial charge in [-0.3, -0.25) is 4.99 Å². The highest BCUT2D eigenvalue weighted by atomic mass is 14.8. The maximum absolute atomic E-state index is 4.79. The quantitative estimate of drug-likeness (QED) is 0.251. The third-order valence-electron chi connectivity index (χ3n) is 5.02. The summed E-state index contributed by atoms with van der Waals surface area (Å²) in [6.45, 7) is 11.3. The van der Waals surface area contributed by atoms with Gasteiger partial charge in [0, 0.05) is 22.5 Å². The summed E-state index contributed by atoms with van der Waals surface area (Å²) in [5, 5.41) is 2.14. The second-order valence-electron chi connectivity index (χ2n) is 6.82. The lowest BCUT2D eigenvalue weighted by molar-refractivity contribution is 1.32. The summed E-state index contributed by atoms with van der Waals surface area (Å²) in [4.78, 5) is 16.9. The number of H-pyrrole nitrogens is 1. The van der Waals surface area contributed by atoms with E-state index in [4.69, 9.17) is 4.98 Å². The van der Waals surface area contributed by atoms with Crippen molar-refractivity contribution >= 4 is 51.3 Å². The first kappa shape index (κ1) is 18.4. The molecule has 2 aromatic carbocycles. The Hall–Kier alpha value is -3.97. The number of aromatic nitrogens is 2. The van der Waals surface area contributed by atoms with Crippen molar-refractivity contribution in [1.29, 1.82) is 0 Å². The van der Waals surface area contributed by atoms with Crippen molar-refractivity contribution in [3.05, 3.63) is 83.9 Å². The number of rotatable bonds is 4. The van der Waals surface area contributed by atoms with Crippen LogP contribution in [0.3, 0.4) is 0 Å². The van der Waals surface area contributed by atoms with Gasteiger partial charge in [0.2, 0.25) is 0 Å². The lowest BCUT2D eigenvalue weighted by atomic mass is 10.1. The number of hydrogen-bond donors (Lipinski definition) is 1. The Kier molecular flexibility index (Phi) is 4.80. The Bertz CT molecular complexity index is 1380. The van der Waals surface area contributed by atoms with Gasteiger partial charge in [0.05, 0.1) is 34.3 Å². The molecule has 140 valence electrons. The van der Waals surface area contributed by atoms with Crippen LogP contribution >= 0.6 is 0 Å². The van der Waals surface area contributed by atoms with Crippen LogP contribution in [-0.4, -0.2) is 22.1 Å². The van der Waals surface area contributed by atoms with Crippen LogP contribution < -0.4 is 0 Å². The van der Waals surface area contributed by atoms with Gasteiger partial charge in [0.15, 0.2) is 0 Å². The van der Waals surface area contributed by atoms with Crippen LogP contribution in [0.2, 0.25) is 0 Å². The standard InChI is InChI=1S/C25H20N4/c1-5-7-22-16(3)17(4)25(28-22)15-27-21-11-9-19-12-18-8-10-20(26-6-2)13-23(18)29-24(19)14-21/h7-15,28H,1-2H2,3-4H3. The van der Waals surface area contributed by atoms with E-state index in [1.54, 1.807) is 0 Å². The molecule has 29 heavy (non-hydrogen) atoms. The number of pyridine rings is 1. The molecule has 4 heteroatoms. The predicted octanol–water partition coefficient (Wildman–Crippen LogP) is 6.37. The maximum atomic E-state index is 4.79. The van der Waals surface area contributed by atoms with E-state index in [9.17, 15) is 0 Å². The van der Waals surface area contributed by atoms with Crippen molar-refractivity contribution in [1.82, 2.24) is 9.97 Å². The number of hydrogen-bond acceptors (Lipinski definition) is 3. The van der Waals surface area contributed by atoms with Crippen molar-refractivity contribution in [2.45, 2.75) is 13.8 Å². The molecule has 0 atom stereocenters. The molecule has 0 saturated carbocycles. The molecular weight excluding hydrogens is 356 g/mol. The number of nitrogens with one attached hydrogen (secondary N) is 1. The van der Waals surface area contributed by atoms with E-state index in [0.717, 1.165) is 50.1 Å². The van der Waals surface area contributed by atoms with Crippen molar-refractivity contribution < 1.29 is 0 Å². The second kappa shape index (κ2) is 7.57. The van der Waals surface area contributed by atoms with Crippen LogP contribution in [0.25, 0.3) is 27.9 Å². The van der Waals surface area contributed by atoms with Gasteiger partial charge >= 0.3 is 0 Å². The van der Waals surface area contributed by atoms with E-state index < -0.39 is 0 Å². The van der Waals surface area contributed by atoms with Crippen LogP contribution in [0, 0.1) is 13.8 Å². The van der Waals surface area contributed by atoms with Crippen LogP contribution in [0.5, 0.6) is 0 Å². The SMILES string of the molecule is C=C=Cc1[nH]c(C=Nc2ccc3cc4ccc(N=C=C)cc4nc3c2)c(C)c1C. The van der Waals surface area contributed by atoms with E-state index in [-0.39, 0.29) is 0 Å². The molecule has 0 aliphatic rings. The number of fused-ring (bicyclic) bond motifs is 2. The van der Waals surface area contributed by atoms with E-state index in [1.807, 2.05) is 48.7 Å². The third kappa shape index (κ3) is 3.59. The Labute approximate surface area is 169 Å². The molecule has 4 aromatic rings. The molecule has 0 radical (unpaired) electrons. The number of benzene rings is 2. The highest BCUT2D eigenvalue weighted by molar-refractivity contribution is 5.95. The first-order valence-corrected chi connectivity index (χ1v) is 9.25. The van der Waals surface area contributed by atoms with E-state index in [2.05, 4.69) is 59.6 Å². The molecule has 0 fully saturated rings. The lowest BCUT2D eigenvalue weighted by Gasteiger charge is -2.03. The van der Waals surface area contributed by atoms with Crippen molar-refractivity contribution in [2.24, 2.45) is 9.98 Å². The Morgan fingerprint density at radius 1 is 0.897 bits per heavy atom. The first-order chi connectivity index (χ1) is 14.1. The summed E-state index contributed by atoms with van der Waals surface area (Å²) in [6.07, 6.45) is 3.69. The highest BCUT2D eigenvalue weighted by Crippen LogP contribution is 2.26. The molecule has 2 heterocycles. The minimum absolute atomic E-state index is 0.787. The fourth-order valence-corrected chi connectivity index (χ4v) is 3.29. The van der Waals surface area contributed by atoms with Crippen LogP contribution in [0.1, 0.15) is 22.5 Å². The maximum Gasteiger partial charge on any atom is 0.0751 e. The molecule has 0 spiro atoms. The molecule has 0 amide bonds. The normalized spacial score (nSPS) is 11.0. The molecule has 0 aliphatic carbocycles. The summed E-state index contributed by atoms with van der Waals surface area (Å²) in [7, 11) is 0. The first-order valence-electron chi connectivity index (χ1n) is 9.25. The molecule has 0 unspecified atom stereocenters. The van der Waals surface area contributed by atoms with Gasteiger partial charge in [-0.05, 0) is 67.8 Å². The Morgan fingerprint density at radius 2 is 1.55 bits per heavy atom. The molecule has 4 nitrogen and oxygen atoms in total. The fraction of sp³-hybridized carbons (Fsp3) is 0.0800. The van der Waals surface area contributed by atoms with Crippen LogP contribution in [-0.2, 0) is 0 Å². The molecule has 1 N–H and O–H groups in total. The molecule has 0 saturated heterocycles. The van der Waals surface area contributed by atoms with Crippen molar-refractivity contribution in [3.63, 3.8) is 0 Å². The van der Waals surface area contributed by atoms with Gasteiger partial charge in [-0.25, -0.2) is 9.98 Å². The number of aromatic amines is 1. The topological polar surface area (TPSA) is 53.4 Å². The summed E-state index contributed by atoms with van der Waals surface area (Å²) >= 11 is 0. The fourth-order valence-electron chi connectivity index (χ4n) is 3.29. The monoisotopic (exact) mass is 376 g/mol. The summed E-state index contributed by atoms with van der Waals surface area (Å²) in [6, 6.07) is 14.0. The van der Waals surface area contributed by atoms with Crippen LogP contribution in [0.4, 0.5) is 11.4 Å². The van der Waals surface area contributed by atoms with E-state index in [1.165, 1.54) is 5.56 Å². The summed E-state index contributed by atoms with van der Waals surface area (Å²) in [5.74, 6) is 2.56. The van der Waals surface area contributed by atoms with Gasteiger partial charge in [0.25, 0.3) is 0 Å². The largest absolute Gasteiger partial charge is 0.353 e. The lowest BCUT2D eigenvalue weighted by Crippen LogP contribution is -1.85. The molecule has 0 aliphatic heterocycles. The molecule has 0 bridgehead atoms. The summed E-state index contributed by atoms with van der Waals surface area (Å²) in [5.41, 5.74) is 10.5. The zero-order valence-electron chi connectivity index (χ0n) is 16.5. The van der Waals surface area contributed by atoms with Crippen LogP contribution in [0.15, 0.2) is 71.3 Å². The van der Waals surface area contributed by atoms with Gasteiger partial charge in [-0.2, -0.15) is 0 Å². The molecule has 4 rings (SSSR count). The second-order valence-corrected chi connectivity index (χ2v) is 6.82. The highest BCUT2D eigenvalue weighted by Gasteiger charge is 2.07. The van der Waals surface area contributed by atoms with Gasteiger partial charge in [-0.15, -0.1) is 5.73 Å². The Morgan fingerprint density at radius 3 is 2.24 bits per heavy atom. The van der Waals surface area contributed by atoms with E-state index >= 15 is 0 Å². The average molecular weight is 376 g/mol. The molecule has 2 aromatic heterocycles. The van der Waals surface area contributed by atoms with Gasteiger partial charge in [-0.1, -0.05) is 18.7 Å². The minimum atomic E-state index is 0.787.